The number of anilines is 2. The van der Waals surface area contributed by atoms with E-state index in [4.69, 9.17) is 23.2 Å². The van der Waals surface area contributed by atoms with E-state index in [-0.39, 0.29) is 0 Å². The Morgan fingerprint density at radius 3 is 2.73 bits per heavy atom. The van der Waals surface area contributed by atoms with E-state index in [0.29, 0.717) is 10.2 Å². The summed E-state index contributed by atoms with van der Waals surface area (Å²) in [7, 11) is 0. The summed E-state index contributed by atoms with van der Waals surface area (Å²) in [5.41, 5.74) is 0.884. The zero-order chi connectivity index (χ0) is 10.8. The maximum atomic E-state index is 5.96. The molecule has 6 heteroatoms. The first kappa shape index (κ1) is 11.2. The highest BCUT2D eigenvalue weighted by atomic mass is 79.9. The van der Waals surface area contributed by atoms with Crippen molar-refractivity contribution in [3.8, 4) is 0 Å². The molecule has 1 aromatic heterocycles. The Morgan fingerprint density at radius 2 is 2.13 bits per heavy atom. The molecule has 15 heavy (non-hydrogen) atoms. The minimum Gasteiger partial charge on any atom is -0.331 e. The fourth-order valence-corrected chi connectivity index (χ4v) is 2.29. The summed E-state index contributed by atoms with van der Waals surface area (Å²) in [6.07, 6.45) is 0. The first-order valence-electron chi connectivity index (χ1n) is 3.98. The summed E-state index contributed by atoms with van der Waals surface area (Å²) in [5.74, 6) is 0. The van der Waals surface area contributed by atoms with Crippen LogP contribution in [-0.4, -0.2) is 4.98 Å². The molecule has 0 aliphatic carbocycles. The van der Waals surface area contributed by atoms with Crippen LogP contribution in [0.5, 0.6) is 0 Å². The van der Waals surface area contributed by atoms with Crippen LogP contribution >= 0.6 is 50.5 Å². The van der Waals surface area contributed by atoms with Crippen molar-refractivity contribution in [2.24, 2.45) is 0 Å². The minimum atomic E-state index is 0.491. The number of hydrogen-bond acceptors (Lipinski definition) is 3. The Bertz CT molecular complexity index is 487. The maximum Gasteiger partial charge on any atom is 0.188 e. The maximum absolute atomic E-state index is 5.96. The molecule has 0 saturated carbocycles. The standard InChI is InChI=1S/C9H5BrCl2N2S/c10-6-2-1-5(3-7(6)11)13-9-14-8(12)4-15-9/h1-4H,(H,13,14). The third-order valence-electron chi connectivity index (χ3n) is 1.65. The van der Waals surface area contributed by atoms with Gasteiger partial charge >= 0.3 is 0 Å². The molecule has 0 aliphatic rings. The Hall–Kier alpha value is -0.290. The van der Waals surface area contributed by atoms with Crippen molar-refractivity contribution in [3.05, 3.63) is 38.2 Å². The van der Waals surface area contributed by atoms with Crippen molar-refractivity contribution < 1.29 is 0 Å². The normalized spacial score (nSPS) is 10.3. The molecule has 0 atom stereocenters. The van der Waals surface area contributed by atoms with Gasteiger partial charge in [-0.25, -0.2) is 4.98 Å². The Kier molecular flexibility index (Phi) is 3.51. The first-order chi connectivity index (χ1) is 7.15. The van der Waals surface area contributed by atoms with Crippen molar-refractivity contribution >= 4 is 61.3 Å². The number of nitrogens with one attached hydrogen (secondary N) is 1. The second-order valence-electron chi connectivity index (χ2n) is 2.73. The number of hydrogen-bond donors (Lipinski definition) is 1. The summed E-state index contributed by atoms with van der Waals surface area (Å²) in [6, 6.07) is 5.60. The zero-order valence-electron chi connectivity index (χ0n) is 7.30. The SMILES string of the molecule is Clc1csc(Nc2ccc(Br)c(Cl)c2)n1. The summed E-state index contributed by atoms with van der Waals surface area (Å²) < 4.78 is 0.867. The Labute approximate surface area is 109 Å². The Morgan fingerprint density at radius 1 is 1.33 bits per heavy atom. The average molecular weight is 324 g/mol. The molecule has 1 N–H and O–H groups in total. The molecule has 0 amide bonds. The summed E-state index contributed by atoms with van der Waals surface area (Å²) in [5, 5.41) is 6.77. The van der Waals surface area contributed by atoms with Crippen molar-refractivity contribution in [1.82, 2.24) is 4.98 Å². The third kappa shape index (κ3) is 2.84. The van der Waals surface area contributed by atoms with Crippen LogP contribution in [0.2, 0.25) is 10.2 Å². The van der Waals surface area contributed by atoms with E-state index in [1.54, 1.807) is 5.38 Å². The first-order valence-corrected chi connectivity index (χ1v) is 6.41. The second-order valence-corrected chi connectivity index (χ2v) is 5.24. The zero-order valence-corrected chi connectivity index (χ0v) is 11.2. The fraction of sp³-hybridized carbons (Fsp3) is 0. The number of aromatic nitrogens is 1. The minimum absolute atomic E-state index is 0.491. The van der Waals surface area contributed by atoms with Crippen LogP contribution in [0, 0.1) is 0 Å². The predicted molar refractivity (Wildman–Crippen MR) is 69.6 cm³/mol. The number of halogens is 3. The fourth-order valence-electron chi connectivity index (χ4n) is 1.01. The van der Waals surface area contributed by atoms with E-state index in [9.17, 15) is 0 Å². The summed E-state index contributed by atoms with van der Waals surface area (Å²) in [4.78, 5) is 4.08. The molecule has 0 spiro atoms. The van der Waals surface area contributed by atoms with E-state index < -0.39 is 0 Å². The van der Waals surface area contributed by atoms with E-state index in [2.05, 4.69) is 26.2 Å². The highest BCUT2D eigenvalue weighted by Gasteiger charge is 2.02. The van der Waals surface area contributed by atoms with Gasteiger partial charge in [0.2, 0.25) is 0 Å². The van der Waals surface area contributed by atoms with Crippen LogP contribution in [0.4, 0.5) is 10.8 Å². The molecule has 0 aliphatic heterocycles. The smallest absolute Gasteiger partial charge is 0.188 e. The molecule has 2 aromatic rings. The lowest BCUT2D eigenvalue weighted by Crippen LogP contribution is -1.88. The van der Waals surface area contributed by atoms with Crippen LogP contribution in [0.15, 0.2) is 28.1 Å². The highest BCUT2D eigenvalue weighted by molar-refractivity contribution is 9.10. The van der Waals surface area contributed by atoms with E-state index in [0.717, 1.165) is 15.3 Å². The molecule has 78 valence electrons. The topological polar surface area (TPSA) is 24.9 Å². The lowest BCUT2D eigenvalue weighted by molar-refractivity contribution is 1.39. The van der Waals surface area contributed by atoms with Crippen LogP contribution < -0.4 is 5.32 Å². The van der Waals surface area contributed by atoms with Crippen LogP contribution in [0.1, 0.15) is 0 Å². The third-order valence-corrected chi connectivity index (χ3v) is 3.96. The lowest BCUT2D eigenvalue weighted by Gasteiger charge is -2.03. The molecule has 1 heterocycles. The largest absolute Gasteiger partial charge is 0.331 e. The molecule has 0 saturated heterocycles. The van der Waals surface area contributed by atoms with Gasteiger partial charge in [-0.3, -0.25) is 0 Å². The van der Waals surface area contributed by atoms with E-state index in [1.165, 1.54) is 11.3 Å². The monoisotopic (exact) mass is 322 g/mol. The van der Waals surface area contributed by atoms with E-state index in [1.807, 2.05) is 18.2 Å². The van der Waals surface area contributed by atoms with Gasteiger partial charge in [0.25, 0.3) is 0 Å². The van der Waals surface area contributed by atoms with Gasteiger partial charge in [-0.05, 0) is 34.1 Å². The van der Waals surface area contributed by atoms with Crippen LogP contribution in [0.3, 0.4) is 0 Å². The van der Waals surface area contributed by atoms with E-state index >= 15 is 0 Å². The van der Waals surface area contributed by atoms with Gasteiger partial charge in [0.05, 0.1) is 5.02 Å². The summed E-state index contributed by atoms with van der Waals surface area (Å²) in [6.45, 7) is 0. The molecular weight excluding hydrogens is 319 g/mol. The molecule has 0 bridgehead atoms. The van der Waals surface area contributed by atoms with Crippen molar-refractivity contribution in [2.45, 2.75) is 0 Å². The number of thiazole rings is 1. The average Bonchev–Trinajstić information content (AvgIpc) is 2.58. The van der Waals surface area contributed by atoms with Gasteiger partial charge in [0.15, 0.2) is 5.13 Å². The molecule has 0 radical (unpaired) electrons. The van der Waals surface area contributed by atoms with Crippen molar-refractivity contribution in [1.29, 1.82) is 0 Å². The van der Waals surface area contributed by atoms with Crippen LogP contribution in [-0.2, 0) is 0 Å². The van der Waals surface area contributed by atoms with Crippen molar-refractivity contribution in [2.75, 3.05) is 5.32 Å². The van der Waals surface area contributed by atoms with Gasteiger partial charge < -0.3 is 5.32 Å². The molecule has 2 rings (SSSR count). The predicted octanol–water partition coefficient (Wildman–Crippen LogP) is 4.96. The van der Waals surface area contributed by atoms with Gasteiger partial charge in [-0.1, -0.05) is 23.2 Å². The van der Waals surface area contributed by atoms with Crippen molar-refractivity contribution in [3.63, 3.8) is 0 Å². The second kappa shape index (κ2) is 4.70. The van der Waals surface area contributed by atoms with Gasteiger partial charge in [0, 0.05) is 15.5 Å². The highest BCUT2D eigenvalue weighted by Crippen LogP contribution is 2.28. The summed E-state index contributed by atoms with van der Waals surface area (Å²) >= 11 is 16.4. The Balaban J connectivity index is 2.21. The van der Waals surface area contributed by atoms with Crippen LogP contribution in [0.25, 0.3) is 0 Å². The molecule has 0 fully saturated rings. The number of benzene rings is 1. The number of nitrogens with zero attached hydrogens (tertiary/aromatic N) is 1. The number of rotatable bonds is 2. The van der Waals surface area contributed by atoms with Gasteiger partial charge in [-0.2, -0.15) is 0 Å². The lowest BCUT2D eigenvalue weighted by atomic mass is 10.3. The quantitative estimate of drug-likeness (QED) is 0.845. The molecule has 1 aromatic carbocycles. The van der Waals surface area contributed by atoms with Gasteiger partial charge in [0.1, 0.15) is 5.15 Å². The van der Waals surface area contributed by atoms with Gasteiger partial charge in [-0.15, -0.1) is 11.3 Å². The molecular formula is C9H5BrCl2N2S. The molecule has 2 nitrogen and oxygen atoms in total. The molecule has 0 unspecified atom stereocenters.